The van der Waals surface area contributed by atoms with Crippen LogP contribution in [0.25, 0.3) is 0 Å². The number of hydrogen-bond acceptors (Lipinski definition) is 3. The van der Waals surface area contributed by atoms with Crippen LogP contribution in [-0.2, 0) is 10.2 Å². The molecule has 4 heteroatoms. The van der Waals surface area contributed by atoms with E-state index in [1.54, 1.807) is 12.1 Å². The zero-order valence-electron chi connectivity index (χ0n) is 8.89. The van der Waals surface area contributed by atoms with Crippen LogP contribution in [0.5, 0.6) is 5.75 Å². The molecule has 0 saturated heterocycles. The fraction of sp³-hybridized carbons (Fsp3) is 0.417. The van der Waals surface area contributed by atoms with Crippen LogP contribution in [0.4, 0.5) is 0 Å². The van der Waals surface area contributed by atoms with E-state index in [1.165, 1.54) is 12.1 Å². The third-order valence-electron chi connectivity index (χ3n) is 3.44. The highest BCUT2D eigenvalue weighted by Gasteiger charge is 2.50. The lowest BCUT2D eigenvalue weighted by Gasteiger charge is -2.44. The first-order valence-electron chi connectivity index (χ1n) is 5.31. The SMILES string of the molecule is NCC1CC(C(=O)O)(c2ccc(O)cc2)C1. The van der Waals surface area contributed by atoms with Gasteiger partial charge in [-0.05, 0) is 43.0 Å². The van der Waals surface area contributed by atoms with Crippen molar-refractivity contribution in [3.8, 4) is 5.75 Å². The Kier molecular flexibility index (Phi) is 2.59. The molecule has 0 atom stereocenters. The fourth-order valence-electron chi connectivity index (χ4n) is 2.41. The Morgan fingerprint density at radius 2 is 1.94 bits per heavy atom. The standard InChI is InChI=1S/C12H15NO3/c13-7-8-5-12(6-8,11(15)16)9-1-3-10(14)4-2-9/h1-4,8,14H,5-7,13H2,(H,15,16). The van der Waals surface area contributed by atoms with Crippen molar-refractivity contribution in [2.75, 3.05) is 6.54 Å². The van der Waals surface area contributed by atoms with E-state index in [-0.39, 0.29) is 5.75 Å². The van der Waals surface area contributed by atoms with Gasteiger partial charge in [-0.1, -0.05) is 12.1 Å². The van der Waals surface area contributed by atoms with E-state index in [0.29, 0.717) is 25.3 Å². The smallest absolute Gasteiger partial charge is 0.314 e. The molecule has 0 amide bonds. The summed E-state index contributed by atoms with van der Waals surface area (Å²) in [5, 5.41) is 18.5. The second-order valence-corrected chi connectivity index (χ2v) is 4.44. The first-order valence-corrected chi connectivity index (χ1v) is 5.31. The molecule has 0 heterocycles. The minimum atomic E-state index is -0.803. The zero-order valence-corrected chi connectivity index (χ0v) is 8.89. The van der Waals surface area contributed by atoms with Gasteiger partial charge in [-0.2, -0.15) is 0 Å². The number of aromatic hydroxyl groups is 1. The van der Waals surface area contributed by atoms with E-state index < -0.39 is 11.4 Å². The number of carboxylic acids is 1. The normalized spacial score (nSPS) is 28.4. The fourth-order valence-corrected chi connectivity index (χ4v) is 2.41. The lowest BCUT2D eigenvalue weighted by molar-refractivity contribution is -0.149. The topological polar surface area (TPSA) is 83.6 Å². The summed E-state index contributed by atoms with van der Waals surface area (Å²) in [7, 11) is 0. The molecular weight excluding hydrogens is 206 g/mol. The van der Waals surface area contributed by atoms with Gasteiger partial charge in [0.25, 0.3) is 0 Å². The van der Waals surface area contributed by atoms with Gasteiger partial charge in [0.05, 0.1) is 5.41 Å². The highest BCUT2D eigenvalue weighted by atomic mass is 16.4. The van der Waals surface area contributed by atoms with Crippen molar-refractivity contribution in [3.63, 3.8) is 0 Å². The molecule has 0 bridgehead atoms. The quantitative estimate of drug-likeness (QED) is 0.713. The van der Waals surface area contributed by atoms with Crippen LogP contribution in [0.1, 0.15) is 18.4 Å². The van der Waals surface area contributed by atoms with Gasteiger partial charge in [0.1, 0.15) is 5.75 Å². The molecule has 1 saturated carbocycles. The Hall–Kier alpha value is -1.55. The van der Waals surface area contributed by atoms with Crippen molar-refractivity contribution < 1.29 is 15.0 Å². The molecule has 86 valence electrons. The van der Waals surface area contributed by atoms with E-state index >= 15 is 0 Å². The molecule has 0 aliphatic heterocycles. The number of carbonyl (C=O) groups is 1. The Balaban J connectivity index is 2.28. The first-order chi connectivity index (χ1) is 7.58. The predicted octanol–water partition coefficient (Wildman–Crippen LogP) is 1.08. The number of aliphatic carboxylic acids is 1. The lowest BCUT2D eigenvalue weighted by atomic mass is 9.58. The number of benzene rings is 1. The zero-order chi connectivity index (χ0) is 11.8. The van der Waals surface area contributed by atoms with Crippen LogP contribution < -0.4 is 5.73 Å². The van der Waals surface area contributed by atoms with Crippen LogP contribution in [0.3, 0.4) is 0 Å². The van der Waals surface area contributed by atoms with Crippen LogP contribution in [0.15, 0.2) is 24.3 Å². The van der Waals surface area contributed by atoms with Crippen LogP contribution in [0, 0.1) is 5.92 Å². The molecule has 1 aliphatic rings. The lowest BCUT2D eigenvalue weighted by Crippen LogP contribution is -2.49. The Morgan fingerprint density at radius 1 is 1.38 bits per heavy atom. The van der Waals surface area contributed by atoms with Gasteiger partial charge >= 0.3 is 5.97 Å². The summed E-state index contributed by atoms with van der Waals surface area (Å²) < 4.78 is 0. The minimum Gasteiger partial charge on any atom is -0.508 e. The van der Waals surface area contributed by atoms with Crippen LogP contribution in [0.2, 0.25) is 0 Å². The third kappa shape index (κ3) is 1.55. The molecule has 1 aliphatic carbocycles. The molecule has 0 aromatic heterocycles. The van der Waals surface area contributed by atoms with E-state index in [1.807, 2.05) is 0 Å². The molecule has 4 nitrogen and oxygen atoms in total. The third-order valence-corrected chi connectivity index (χ3v) is 3.44. The van der Waals surface area contributed by atoms with Gasteiger partial charge in [-0.3, -0.25) is 4.79 Å². The van der Waals surface area contributed by atoms with Gasteiger partial charge < -0.3 is 15.9 Å². The highest BCUT2D eigenvalue weighted by molar-refractivity contribution is 5.82. The molecule has 16 heavy (non-hydrogen) atoms. The second-order valence-electron chi connectivity index (χ2n) is 4.44. The Bertz CT molecular complexity index is 393. The highest BCUT2D eigenvalue weighted by Crippen LogP contribution is 2.47. The molecule has 1 fully saturated rings. The first kappa shape index (κ1) is 11.0. The molecule has 2 rings (SSSR count). The number of rotatable bonds is 3. The molecule has 0 spiro atoms. The van der Waals surface area contributed by atoms with Crippen molar-refractivity contribution in [1.82, 2.24) is 0 Å². The van der Waals surface area contributed by atoms with Crippen molar-refractivity contribution in [2.24, 2.45) is 11.7 Å². The molecular formula is C12H15NO3. The summed E-state index contributed by atoms with van der Waals surface area (Å²) in [6.45, 7) is 0.535. The maximum Gasteiger partial charge on any atom is 0.314 e. The summed E-state index contributed by atoms with van der Waals surface area (Å²) in [6.07, 6.45) is 1.17. The predicted molar refractivity (Wildman–Crippen MR) is 59.2 cm³/mol. The van der Waals surface area contributed by atoms with Gasteiger partial charge in [-0.15, -0.1) is 0 Å². The van der Waals surface area contributed by atoms with Crippen molar-refractivity contribution in [3.05, 3.63) is 29.8 Å². The number of phenols is 1. The summed E-state index contributed by atoms with van der Waals surface area (Å²) >= 11 is 0. The maximum absolute atomic E-state index is 11.3. The van der Waals surface area contributed by atoms with E-state index in [9.17, 15) is 15.0 Å². The van der Waals surface area contributed by atoms with Crippen LogP contribution >= 0.6 is 0 Å². The summed E-state index contributed by atoms with van der Waals surface area (Å²) in [5.74, 6) is -0.355. The minimum absolute atomic E-state index is 0.152. The van der Waals surface area contributed by atoms with Crippen molar-refractivity contribution >= 4 is 5.97 Å². The number of carboxylic acid groups (broad SMARTS) is 1. The molecule has 0 unspecified atom stereocenters. The molecule has 0 radical (unpaired) electrons. The van der Waals surface area contributed by atoms with Gasteiger partial charge in [0.2, 0.25) is 0 Å². The Morgan fingerprint density at radius 3 is 2.38 bits per heavy atom. The second kappa shape index (κ2) is 3.79. The number of phenolic OH excluding ortho intramolecular Hbond substituents is 1. The van der Waals surface area contributed by atoms with Gasteiger partial charge in [-0.25, -0.2) is 0 Å². The average molecular weight is 221 g/mol. The number of nitrogens with two attached hydrogens (primary N) is 1. The summed E-state index contributed by atoms with van der Waals surface area (Å²) in [6, 6.07) is 6.40. The van der Waals surface area contributed by atoms with Crippen LogP contribution in [-0.4, -0.2) is 22.7 Å². The molecule has 1 aromatic carbocycles. The van der Waals surface area contributed by atoms with Crippen molar-refractivity contribution in [1.29, 1.82) is 0 Å². The van der Waals surface area contributed by atoms with Crippen molar-refractivity contribution in [2.45, 2.75) is 18.3 Å². The molecule has 1 aromatic rings. The Labute approximate surface area is 93.7 Å². The van der Waals surface area contributed by atoms with E-state index in [0.717, 1.165) is 5.56 Å². The largest absolute Gasteiger partial charge is 0.508 e. The van der Waals surface area contributed by atoms with E-state index in [4.69, 9.17) is 5.73 Å². The summed E-state index contributed by atoms with van der Waals surface area (Å²) in [5.41, 5.74) is 5.48. The van der Waals surface area contributed by atoms with E-state index in [2.05, 4.69) is 0 Å². The monoisotopic (exact) mass is 221 g/mol. The number of hydrogen-bond donors (Lipinski definition) is 3. The average Bonchev–Trinajstić information content (AvgIpc) is 2.19. The molecule has 4 N–H and O–H groups in total. The van der Waals surface area contributed by atoms with Gasteiger partial charge in [0, 0.05) is 0 Å². The maximum atomic E-state index is 11.3. The summed E-state index contributed by atoms with van der Waals surface area (Å²) in [4.78, 5) is 11.3. The van der Waals surface area contributed by atoms with Gasteiger partial charge in [0.15, 0.2) is 0 Å².